The van der Waals surface area contributed by atoms with E-state index in [1.54, 1.807) is 6.07 Å². The van der Waals surface area contributed by atoms with Crippen LogP contribution >= 0.6 is 15.9 Å². The molecule has 1 heterocycles. The number of rotatable bonds is 2. The first kappa shape index (κ1) is 15.5. The zero-order chi connectivity index (χ0) is 16.1. The summed E-state index contributed by atoms with van der Waals surface area (Å²) >= 11 is 3.65. The minimum atomic E-state index is -0.334. The van der Waals surface area contributed by atoms with Crippen LogP contribution < -0.4 is 5.32 Å². The van der Waals surface area contributed by atoms with Crippen LogP contribution in [0.15, 0.2) is 34.3 Å². The lowest BCUT2D eigenvalue weighted by Gasteiger charge is -2.19. The van der Waals surface area contributed by atoms with Gasteiger partial charge in [-0.15, -0.1) is 0 Å². The lowest BCUT2D eigenvalue weighted by atomic mass is 9.91. The number of carbonyl (C=O) groups excluding carboxylic acids is 1. The van der Waals surface area contributed by atoms with Gasteiger partial charge in [-0.3, -0.25) is 4.79 Å². The van der Waals surface area contributed by atoms with Gasteiger partial charge in [0.15, 0.2) is 0 Å². The second kappa shape index (κ2) is 5.34. The van der Waals surface area contributed by atoms with Gasteiger partial charge >= 0.3 is 0 Å². The third-order valence-electron chi connectivity index (χ3n) is 4.03. The first-order valence-electron chi connectivity index (χ1n) is 7.50. The molecule has 1 saturated carbocycles. The second-order valence-electron chi connectivity index (χ2n) is 6.99. The van der Waals surface area contributed by atoms with Crippen LogP contribution in [0.3, 0.4) is 0 Å². The van der Waals surface area contributed by atoms with E-state index in [0.717, 1.165) is 28.5 Å². The second-order valence-corrected chi connectivity index (χ2v) is 7.85. The molecule has 1 aliphatic heterocycles. The molecular formula is C18H19BrFNO. The fraction of sp³-hybridized carbons (Fsp3) is 0.389. The Morgan fingerprint density at radius 2 is 2.05 bits per heavy atom. The SMILES string of the molecule is CC(C)(C)/C(Br)=C\C(=C1/C(=O)Nc2cc(F)ccc21)C1CC1. The highest BCUT2D eigenvalue weighted by molar-refractivity contribution is 9.11. The van der Waals surface area contributed by atoms with Crippen molar-refractivity contribution in [2.45, 2.75) is 33.6 Å². The van der Waals surface area contributed by atoms with Gasteiger partial charge < -0.3 is 5.32 Å². The molecule has 3 rings (SSSR count). The smallest absolute Gasteiger partial charge is 0.256 e. The summed E-state index contributed by atoms with van der Waals surface area (Å²) in [5, 5.41) is 2.78. The van der Waals surface area contributed by atoms with Crippen LogP contribution in [0.5, 0.6) is 0 Å². The minimum Gasteiger partial charge on any atom is -0.321 e. The number of halogens is 2. The van der Waals surface area contributed by atoms with Crippen molar-refractivity contribution in [3.63, 3.8) is 0 Å². The number of nitrogens with one attached hydrogen (secondary N) is 1. The van der Waals surface area contributed by atoms with Crippen LogP contribution in [0, 0.1) is 17.2 Å². The van der Waals surface area contributed by atoms with Crippen molar-refractivity contribution in [1.82, 2.24) is 0 Å². The van der Waals surface area contributed by atoms with E-state index in [2.05, 4.69) is 48.1 Å². The third-order valence-corrected chi connectivity index (χ3v) is 5.45. The lowest BCUT2D eigenvalue weighted by Crippen LogP contribution is -2.08. The van der Waals surface area contributed by atoms with Crippen LogP contribution in [0.25, 0.3) is 5.57 Å². The third kappa shape index (κ3) is 2.89. The summed E-state index contributed by atoms with van der Waals surface area (Å²) in [6.45, 7) is 6.38. The molecule has 0 radical (unpaired) electrons. The van der Waals surface area contributed by atoms with Crippen molar-refractivity contribution >= 4 is 33.1 Å². The van der Waals surface area contributed by atoms with Gasteiger partial charge in [-0.1, -0.05) is 36.7 Å². The van der Waals surface area contributed by atoms with E-state index in [4.69, 9.17) is 0 Å². The molecule has 1 aromatic rings. The molecule has 22 heavy (non-hydrogen) atoms. The Labute approximate surface area is 138 Å². The van der Waals surface area contributed by atoms with Gasteiger partial charge in [-0.25, -0.2) is 4.39 Å². The highest BCUT2D eigenvalue weighted by Crippen LogP contribution is 2.46. The molecule has 4 heteroatoms. The maximum atomic E-state index is 13.4. The Balaban J connectivity index is 2.15. The molecule has 0 bridgehead atoms. The number of amides is 1. The molecule has 1 fully saturated rings. The zero-order valence-corrected chi connectivity index (χ0v) is 14.6. The van der Waals surface area contributed by atoms with Crippen LogP contribution in [0.2, 0.25) is 0 Å². The molecule has 2 aliphatic rings. The van der Waals surface area contributed by atoms with Crippen molar-refractivity contribution in [3.05, 3.63) is 45.7 Å². The highest BCUT2D eigenvalue weighted by Gasteiger charge is 2.34. The number of carbonyl (C=O) groups is 1. The molecule has 0 saturated heterocycles. The summed E-state index contributed by atoms with van der Waals surface area (Å²) in [5.74, 6) is -0.0423. The van der Waals surface area contributed by atoms with Crippen LogP contribution in [-0.2, 0) is 4.79 Å². The van der Waals surface area contributed by atoms with Gasteiger partial charge in [0.1, 0.15) is 5.82 Å². The molecule has 0 spiro atoms. The number of hydrogen-bond acceptors (Lipinski definition) is 1. The standard InChI is InChI=1S/C18H19BrFNO/c1-18(2,3)15(19)9-13(10-4-5-10)16-12-7-6-11(20)8-14(12)21-17(16)22/h6-10H,4-5H2,1-3H3,(H,21,22)/b15-9+,16-13+. The Bertz CT molecular complexity index is 708. The largest absolute Gasteiger partial charge is 0.321 e. The normalized spacial score (nSPS) is 20.8. The van der Waals surface area contributed by atoms with Crippen LogP contribution in [-0.4, -0.2) is 5.91 Å². The zero-order valence-electron chi connectivity index (χ0n) is 13.0. The average Bonchev–Trinajstić information content (AvgIpc) is 3.18. The summed E-state index contributed by atoms with van der Waals surface area (Å²) in [6, 6.07) is 4.48. The molecular weight excluding hydrogens is 345 g/mol. The van der Waals surface area contributed by atoms with E-state index in [-0.39, 0.29) is 17.1 Å². The topological polar surface area (TPSA) is 29.1 Å². The molecule has 1 amide bonds. The van der Waals surface area contributed by atoms with E-state index in [1.165, 1.54) is 12.1 Å². The predicted octanol–water partition coefficient (Wildman–Crippen LogP) is 5.27. The summed E-state index contributed by atoms with van der Waals surface area (Å²) in [6.07, 6.45) is 4.29. The fourth-order valence-corrected chi connectivity index (χ4v) is 2.82. The van der Waals surface area contributed by atoms with Crippen molar-refractivity contribution in [3.8, 4) is 0 Å². The fourth-order valence-electron chi connectivity index (χ4n) is 2.57. The van der Waals surface area contributed by atoms with Gasteiger partial charge in [0.2, 0.25) is 0 Å². The summed E-state index contributed by atoms with van der Waals surface area (Å²) in [4.78, 5) is 12.4. The quantitative estimate of drug-likeness (QED) is 0.712. The molecule has 1 aliphatic carbocycles. The van der Waals surface area contributed by atoms with Crippen LogP contribution in [0.4, 0.5) is 10.1 Å². The first-order valence-corrected chi connectivity index (χ1v) is 8.30. The monoisotopic (exact) mass is 363 g/mol. The van der Waals surface area contributed by atoms with Crippen molar-refractivity contribution in [1.29, 1.82) is 0 Å². The number of allylic oxidation sites excluding steroid dienone is 3. The van der Waals surface area contributed by atoms with Crippen molar-refractivity contribution < 1.29 is 9.18 Å². The van der Waals surface area contributed by atoms with E-state index in [0.29, 0.717) is 17.2 Å². The lowest BCUT2D eigenvalue weighted by molar-refractivity contribution is -0.110. The Kier molecular flexibility index (Phi) is 3.76. The van der Waals surface area contributed by atoms with E-state index in [1.807, 2.05) is 0 Å². The summed E-state index contributed by atoms with van der Waals surface area (Å²) in [7, 11) is 0. The van der Waals surface area contributed by atoms with Crippen molar-refractivity contribution in [2.75, 3.05) is 5.32 Å². The molecule has 1 N–H and O–H groups in total. The van der Waals surface area contributed by atoms with Gasteiger partial charge in [0.05, 0.1) is 11.3 Å². The maximum absolute atomic E-state index is 13.4. The molecule has 0 aromatic heterocycles. The Morgan fingerprint density at radius 1 is 1.36 bits per heavy atom. The Morgan fingerprint density at radius 3 is 2.64 bits per heavy atom. The first-order chi connectivity index (χ1) is 10.3. The van der Waals surface area contributed by atoms with Gasteiger partial charge in [0.25, 0.3) is 5.91 Å². The van der Waals surface area contributed by atoms with Crippen molar-refractivity contribution in [2.24, 2.45) is 11.3 Å². The minimum absolute atomic E-state index is 0.0125. The number of hydrogen-bond donors (Lipinski definition) is 1. The number of benzene rings is 1. The molecule has 0 unspecified atom stereocenters. The Hall–Kier alpha value is -1.42. The maximum Gasteiger partial charge on any atom is 0.256 e. The van der Waals surface area contributed by atoms with E-state index in [9.17, 15) is 9.18 Å². The number of fused-ring (bicyclic) bond motifs is 1. The molecule has 0 atom stereocenters. The van der Waals surface area contributed by atoms with E-state index >= 15 is 0 Å². The van der Waals surface area contributed by atoms with Gasteiger partial charge in [0, 0.05) is 10.0 Å². The van der Waals surface area contributed by atoms with Gasteiger partial charge in [-0.2, -0.15) is 0 Å². The summed E-state index contributed by atoms with van der Waals surface area (Å²) in [5.41, 5.74) is 3.11. The molecule has 1 aromatic carbocycles. The highest BCUT2D eigenvalue weighted by atomic mass is 79.9. The summed E-state index contributed by atoms with van der Waals surface area (Å²) < 4.78 is 14.4. The number of anilines is 1. The van der Waals surface area contributed by atoms with Gasteiger partial charge in [-0.05, 0) is 54.0 Å². The average molecular weight is 364 g/mol. The molecule has 116 valence electrons. The predicted molar refractivity (Wildman–Crippen MR) is 91.1 cm³/mol. The van der Waals surface area contributed by atoms with E-state index < -0.39 is 0 Å². The van der Waals surface area contributed by atoms with Crippen LogP contribution in [0.1, 0.15) is 39.2 Å². The molecule has 2 nitrogen and oxygen atoms in total.